The van der Waals surface area contributed by atoms with Crippen molar-refractivity contribution in [3.63, 3.8) is 0 Å². The maximum Gasteiger partial charge on any atom is 0.162 e. The summed E-state index contributed by atoms with van der Waals surface area (Å²) in [5.41, 5.74) is 1.80. The molecule has 19 heavy (non-hydrogen) atoms. The highest BCUT2D eigenvalue weighted by Gasteiger charge is 2.04. The summed E-state index contributed by atoms with van der Waals surface area (Å²) in [6.07, 6.45) is 0.510. The summed E-state index contributed by atoms with van der Waals surface area (Å²) in [5.74, 6) is 0.858. The van der Waals surface area contributed by atoms with Crippen LogP contribution in [0.5, 0.6) is 5.75 Å². The van der Waals surface area contributed by atoms with Gasteiger partial charge in [-0.2, -0.15) is 0 Å². The van der Waals surface area contributed by atoms with E-state index in [2.05, 4.69) is 15.9 Å². The number of benzene rings is 2. The number of halogens is 1. The van der Waals surface area contributed by atoms with Crippen molar-refractivity contribution < 1.29 is 9.53 Å². The van der Waals surface area contributed by atoms with E-state index in [9.17, 15) is 4.79 Å². The highest BCUT2D eigenvalue weighted by Crippen LogP contribution is 2.17. The molecule has 2 aromatic carbocycles. The molecule has 0 fully saturated rings. The monoisotopic (exact) mass is 318 g/mol. The minimum absolute atomic E-state index is 0.133. The fourth-order valence-corrected chi connectivity index (χ4v) is 1.98. The van der Waals surface area contributed by atoms with Crippen LogP contribution in [0.15, 0.2) is 53.0 Å². The van der Waals surface area contributed by atoms with E-state index >= 15 is 0 Å². The minimum atomic E-state index is 0.133. The third-order valence-electron chi connectivity index (χ3n) is 2.80. The zero-order chi connectivity index (χ0) is 13.7. The lowest BCUT2D eigenvalue weighted by Gasteiger charge is -2.07. The third-order valence-corrected chi connectivity index (χ3v) is 3.32. The highest BCUT2D eigenvalue weighted by atomic mass is 79.9. The van der Waals surface area contributed by atoms with E-state index in [1.807, 2.05) is 49.4 Å². The fraction of sp³-hybridized carbons (Fsp3) is 0.188. The summed E-state index contributed by atoms with van der Waals surface area (Å²) < 4.78 is 6.75. The molecule has 0 aliphatic rings. The predicted octanol–water partition coefficient (Wildman–Crippen LogP) is 4.62. The molecule has 98 valence electrons. The number of Topliss-reactive ketones (excluding diaryl/α,β-unsaturated/α-hetero) is 1. The van der Waals surface area contributed by atoms with Gasteiger partial charge in [-0.1, -0.05) is 47.1 Å². The van der Waals surface area contributed by atoms with Crippen molar-refractivity contribution in [3.05, 3.63) is 64.1 Å². The standard InChI is InChI=1S/C16H15BrO2/c1-2-16(18)13-4-3-5-15(10-13)19-11-12-6-8-14(17)9-7-12/h3-10H,2,11H2,1H3. The van der Waals surface area contributed by atoms with Crippen LogP contribution >= 0.6 is 15.9 Å². The summed E-state index contributed by atoms with van der Waals surface area (Å²) in [5, 5.41) is 0. The second-order valence-corrected chi connectivity index (χ2v) is 5.14. The van der Waals surface area contributed by atoms with Crippen LogP contribution in [0.4, 0.5) is 0 Å². The van der Waals surface area contributed by atoms with Gasteiger partial charge in [0, 0.05) is 16.5 Å². The Kier molecular flexibility index (Phi) is 4.74. The molecule has 2 rings (SSSR count). The van der Waals surface area contributed by atoms with E-state index in [0.29, 0.717) is 18.6 Å². The average Bonchev–Trinajstić information content (AvgIpc) is 2.46. The van der Waals surface area contributed by atoms with Crippen molar-refractivity contribution >= 4 is 21.7 Å². The molecular formula is C16H15BrO2. The molecule has 0 atom stereocenters. The zero-order valence-electron chi connectivity index (χ0n) is 10.7. The molecule has 0 saturated carbocycles. The molecule has 2 nitrogen and oxygen atoms in total. The predicted molar refractivity (Wildman–Crippen MR) is 79.5 cm³/mol. The molecule has 0 aliphatic carbocycles. The molecule has 0 spiro atoms. The average molecular weight is 319 g/mol. The van der Waals surface area contributed by atoms with Gasteiger partial charge in [-0.15, -0.1) is 0 Å². The molecule has 0 bridgehead atoms. The van der Waals surface area contributed by atoms with Gasteiger partial charge < -0.3 is 4.74 Å². The quantitative estimate of drug-likeness (QED) is 0.752. The van der Waals surface area contributed by atoms with Crippen LogP contribution < -0.4 is 4.74 Å². The van der Waals surface area contributed by atoms with Crippen LogP contribution in [0.2, 0.25) is 0 Å². The van der Waals surface area contributed by atoms with Gasteiger partial charge in [0.25, 0.3) is 0 Å². The SMILES string of the molecule is CCC(=O)c1cccc(OCc2ccc(Br)cc2)c1. The maximum atomic E-state index is 11.6. The molecule has 0 aliphatic heterocycles. The molecule has 0 amide bonds. The second kappa shape index (κ2) is 6.53. The molecule has 0 heterocycles. The first-order valence-electron chi connectivity index (χ1n) is 6.19. The number of carbonyl (C=O) groups is 1. The second-order valence-electron chi connectivity index (χ2n) is 4.22. The molecular weight excluding hydrogens is 304 g/mol. The third kappa shape index (κ3) is 3.93. The summed E-state index contributed by atoms with van der Waals surface area (Å²) in [6, 6.07) is 15.3. The first-order chi connectivity index (χ1) is 9.19. The van der Waals surface area contributed by atoms with Crippen molar-refractivity contribution in [1.82, 2.24) is 0 Å². The lowest BCUT2D eigenvalue weighted by molar-refractivity contribution is 0.0987. The Bertz CT molecular complexity index is 561. The Morgan fingerprint density at radius 2 is 1.89 bits per heavy atom. The number of ether oxygens (including phenoxy) is 1. The number of hydrogen-bond donors (Lipinski definition) is 0. The van der Waals surface area contributed by atoms with Gasteiger partial charge >= 0.3 is 0 Å². The number of rotatable bonds is 5. The Balaban J connectivity index is 2.03. The summed E-state index contributed by atoms with van der Waals surface area (Å²) in [4.78, 5) is 11.6. The Labute approximate surface area is 121 Å². The van der Waals surface area contributed by atoms with E-state index in [-0.39, 0.29) is 5.78 Å². The number of hydrogen-bond acceptors (Lipinski definition) is 2. The van der Waals surface area contributed by atoms with Gasteiger partial charge in [-0.3, -0.25) is 4.79 Å². The van der Waals surface area contributed by atoms with E-state index in [4.69, 9.17) is 4.74 Å². The lowest BCUT2D eigenvalue weighted by atomic mass is 10.1. The van der Waals surface area contributed by atoms with Crippen LogP contribution in [-0.4, -0.2) is 5.78 Å². The smallest absolute Gasteiger partial charge is 0.162 e. The number of carbonyl (C=O) groups excluding carboxylic acids is 1. The van der Waals surface area contributed by atoms with Crippen LogP contribution in [0.3, 0.4) is 0 Å². The largest absolute Gasteiger partial charge is 0.489 e. The van der Waals surface area contributed by atoms with Gasteiger partial charge in [0.1, 0.15) is 12.4 Å². The molecule has 3 heteroatoms. The fourth-order valence-electron chi connectivity index (χ4n) is 1.71. The summed E-state index contributed by atoms with van der Waals surface area (Å²) >= 11 is 3.40. The van der Waals surface area contributed by atoms with E-state index in [0.717, 1.165) is 15.8 Å². The lowest BCUT2D eigenvalue weighted by Crippen LogP contribution is -1.99. The maximum absolute atomic E-state index is 11.6. The molecule has 0 saturated heterocycles. The van der Waals surface area contributed by atoms with Gasteiger partial charge in [0.2, 0.25) is 0 Å². The summed E-state index contributed by atoms with van der Waals surface area (Å²) in [6.45, 7) is 2.36. The van der Waals surface area contributed by atoms with Crippen LogP contribution in [0.1, 0.15) is 29.3 Å². The normalized spacial score (nSPS) is 10.2. The molecule has 0 radical (unpaired) electrons. The first-order valence-corrected chi connectivity index (χ1v) is 6.99. The van der Waals surface area contributed by atoms with Crippen LogP contribution in [0, 0.1) is 0 Å². The Morgan fingerprint density at radius 1 is 1.16 bits per heavy atom. The topological polar surface area (TPSA) is 26.3 Å². The molecule has 0 unspecified atom stereocenters. The van der Waals surface area contributed by atoms with Gasteiger partial charge in [0.15, 0.2) is 5.78 Å². The van der Waals surface area contributed by atoms with Crippen molar-refractivity contribution in [1.29, 1.82) is 0 Å². The van der Waals surface area contributed by atoms with Crippen molar-refractivity contribution in [3.8, 4) is 5.75 Å². The van der Waals surface area contributed by atoms with Crippen molar-refractivity contribution in [2.75, 3.05) is 0 Å². The van der Waals surface area contributed by atoms with Crippen LogP contribution in [0.25, 0.3) is 0 Å². The van der Waals surface area contributed by atoms with Crippen molar-refractivity contribution in [2.45, 2.75) is 20.0 Å². The molecule has 0 N–H and O–H groups in total. The Hall–Kier alpha value is -1.61. The molecule has 0 aromatic heterocycles. The summed E-state index contributed by atoms with van der Waals surface area (Å²) in [7, 11) is 0. The minimum Gasteiger partial charge on any atom is -0.489 e. The zero-order valence-corrected chi connectivity index (χ0v) is 12.3. The van der Waals surface area contributed by atoms with Gasteiger partial charge in [-0.05, 0) is 29.8 Å². The van der Waals surface area contributed by atoms with Gasteiger partial charge in [-0.25, -0.2) is 0 Å². The van der Waals surface area contributed by atoms with E-state index in [1.54, 1.807) is 6.07 Å². The van der Waals surface area contributed by atoms with E-state index < -0.39 is 0 Å². The molecule has 2 aromatic rings. The van der Waals surface area contributed by atoms with E-state index in [1.165, 1.54) is 0 Å². The first kappa shape index (κ1) is 13.8. The van der Waals surface area contributed by atoms with Crippen molar-refractivity contribution in [2.24, 2.45) is 0 Å². The Morgan fingerprint density at radius 3 is 2.58 bits per heavy atom. The van der Waals surface area contributed by atoms with Crippen LogP contribution in [-0.2, 0) is 6.61 Å². The van der Waals surface area contributed by atoms with Gasteiger partial charge in [0.05, 0.1) is 0 Å². The highest BCUT2D eigenvalue weighted by molar-refractivity contribution is 9.10. The number of ketones is 1.